The van der Waals surface area contributed by atoms with Gasteiger partial charge in [-0.15, -0.1) is 0 Å². The highest BCUT2D eigenvalue weighted by atomic mass is 14.7. The van der Waals surface area contributed by atoms with Crippen LogP contribution in [-0.2, 0) is 0 Å². The SMILES string of the molecule is CC1=CCC=C(c2ccccn2)C=C1. The molecule has 0 fully saturated rings. The van der Waals surface area contributed by atoms with E-state index in [0.717, 1.165) is 12.1 Å². The van der Waals surface area contributed by atoms with E-state index in [4.69, 9.17) is 0 Å². The summed E-state index contributed by atoms with van der Waals surface area (Å²) in [5, 5.41) is 0. The van der Waals surface area contributed by atoms with Crippen LogP contribution in [0.15, 0.2) is 54.3 Å². The van der Waals surface area contributed by atoms with Gasteiger partial charge in [0.1, 0.15) is 0 Å². The van der Waals surface area contributed by atoms with Crippen molar-refractivity contribution in [2.24, 2.45) is 0 Å². The third-order valence-corrected chi connectivity index (χ3v) is 2.26. The molecule has 0 saturated carbocycles. The Kier molecular flexibility index (Phi) is 2.59. The minimum absolute atomic E-state index is 0.991. The zero-order valence-corrected chi connectivity index (χ0v) is 8.27. The molecule has 1 aliphatic carbocycles. The summed E-state index contributed by atoms with van der Waals surface area (Å²) in [6.45, 7) is 2.12. The molecule has 0 spiro atoms. The normalized spacial score (nSPS) is 15.8. The van der Waals surface area contributed by atoms with Crippen molar-refractivity contribution < 1.29 is 0 Å². The minimum Gasteiger partial charge on any atom is -0.256 e. The Morgan fingerprint density at radius 3 is 2.86 bits per heavy atom. The molecular formula is C13H13N. The predicted octanol–water partition coefficient (Wildman–Crippen LogP) is 3.37. The van der Waals surface area contributed by atoms with Crippen molar-refractivity contribution in [1.29, 1.82) is 0 Å². The molecule has 0 amide bonds. The van der Waals surface area contributed by atoms with Crippen molar-refractivity contribution in [3.05, 3.63) is 60.0 Å². The molecule has 1 aliphatic rings. The van der Waals surface area contributed by atoms with Gasteiger partial charge in [0, 0.05) is 6.20 Å². The molecule has 0 radical (unpaired) electrons. The van der Waals surface area contributed by atoms with E-state index in [-0.39, 0.29) is 0 Å². The topological polar surface area (TPSA) is 12.9 Å². The molecule has 0 aliphatic heterocycles. The second-order valence-electron chi connectivity index (χ2n) is 3.39. The average Bonchev–Trinajstić information content (AvgIpc) is 2.44. The van der Waals surface area contributed by atoms with Gasteiger partial charge < -0.3 is 0 Å². The summed E-state index contributed by atoms with van der Waals surface area (Å²) >= 11 is 0. The molecular weight excluding hydrogens is 170 g/mol. The maximum absolute atomic E-state index is 4.33. The third kappa shape index (κ3) is 1.99. The van der Waals surface area contributed by atoms with Gasteiger partial charge in [-0.25, -0.2) is 0 Å². The first-order valence-corrected chi connectivity index (χ1v) is 4.83. The third-order valence-electron chi connectivity index (χ3n) is 2.26. The molecule has 0 bridgehead atoms. The molecule has 2 rings (SSSR count). The molecule has 0 aromatic carbocycles. The van der Waals surface area contributed by atoms with Gasteiger partial charge in [0.05, 0.1) is 5.69 Å². The summed E-state index contributed by atoms with van der Waals surface area (Å²) in [6, 6.07) is 5.99. The van der Waals surface area contributed by atoms with Crippen molar-refractivity contribution in [2.45, 2.75) is 13.3 Å². The monoisotopic (exact) mass is 183 g/mol. The first-order chi connectivity index (χ1) is 6.86. The van der Waals surface area contributed by atoms with Crippen molar-refractivity contribution in [3.63, 3.8) is 0 Å². The minimum atomic E-state index is 0.991. The number of rotatable bonds is 1. The fourth-order valence-corrected chi connectivity index (χ4v) is 1.45. The molecule has 14 heavy (non-hydrogen) atoms. The van der Waals surface area contributed by atoms with E-state index in [2.05, 4.69) is 36.2 Å². The lowest BCUT2D eigenvalue weighted by atomic mass is 10.1. The van der Waals surface area contributed by atoms with E-state index >= 15 is 0 Å². The Balaban J connectivity index is 2.30. The van der Waals surface area contributed by atoms with Crippen molar-refractivity contribution in [2.75, 3.05) is 0 Å². The number of hydrogen-bond acceptors (Lipinski definition) is 1. The lowest BCUT2D eigenvalue weighted by molar-refractivity contribution is 1.27. The van der Waals surface area contributed by atoms with Gasteiger partial charge in [-0.2, -0.15) is 0 Å². The van der Waals surface area contributed by atoms with Gasteiger partial charge in [0.15, 0.2) is 0 Å². The molecule has 1 heterocycles. The standard InChI is InChI=1S/C13H13N/c1-11-5-4-6-12(9-8-11)13-7-2-3-10-14-13/h2-3,5-10H,4H2,1H3. The van der Waals surface area contributed by atoms with Gasteiger partial charge in [-0.1, -0.05) is 35.9 Å². The zero-order chi connectivity index (χ0) is 9.80. The van der Waals surface area contributed by atoms with E-state index in [0.29, 0.717) is 0 Å². The van der Waals surface area contributed by atoms with Gasteiger partial charge in [-0.3, -0.25) is 4.98 Å². The average molecular weight is 183 g/mol. The van der Waals surface area contributed by atoms with Gasteiger partial charge >= 0.3 is 0 Å². The smallest absolute Gasteiger partial charge is 0.0698 e. The number of pyridine rings is 1. The van der Waals surface area contributed by atoms with Crippen molar-refractivity contribution in [3.8, 4) is 0 Å². The van der Waals surface area contributed by atoms with Crippen LogP contribution in [0.5, 0.6) is 0 Å². The Bertz CT molecular complexity index is 397. The van der Waals surface area contributed by atoms with Crippen LogP contribution in [0.2, 0.25) is 0 Å². The Morgan fingerprint density at radius 2 is 2.07 bits per heavy atom. The summed E-state index contributed by atoms with van der Waals surface area (Å²) in [5.74, 6) is 0. The van der Waals surface area contributed by atoms with Crippen LogP contribution in [0.25, 0.3) is 5.57 Å². The van der Waals surface area contributed by atoms with E-state index < -0.39 is 0 Å². The molecule has 1 heteroatoms. The predicted molar refractivity (Wildman–Crippen MR) is 59.7 cm³/mol. The Labute approximate surface area is 84.5 Å². The summed E-state index contributed by atoms with van der Waals surface area (Å²) in [7, 11) is 0. The lowest BCUT2D eigenvalue weighted by Crippen LogP contribution is -1.84. The summed E-state index contributed by atoms with van der Waals surface area (Å²) in [5.41, 5.74) is 3.57. The van der Waals surface area contributed by atoms with E-state index in [1.165, 1.54) is 11.1 Å². The highest BCUT2D eigenvalue weighted by Crippen LogP contribution is 2.18. The molecule has 1 aromatic rings. The van der Waals surface area contributed by atoms with Crippen LogP contribution in [-0.4, -0.2) is 4.98 Å². The van der Waals surface area contributed by atoms with Crippen LogP contribution in [0.1, 0.15) is 19.0 Å². The fourth-order valence-electron chi connectivity index (χ4n) is 1.45. The summed E-state index contributed by atoms with van der Waals surface area (Å²) in [4.78, 5) is 4.33. The molecule has 0 N–H and O–H groups in total. The maximum atomic E-state index is 4.33. The summed E-state index contributed by atoms with van der Waals surface area (Å²) in [6.07, 6.45) is 11.5. The lowest BCUT2D eigenvalue weighted by Gasteiger charge is -1.98. The maximum Gasteiger partial charge on any atom is 0.0698 e. The van der Waals surface area contributed by atoms with Gasteiger partial charge in [-0.05, 0) is 31.1 Å². The number of nitrogens with zero attached hydrogens (tertiary/aromatic N) is 1. The zero-order valence-electron chi connectivity index (χ0n) is 8.27. The molecule has 0 atom stereocenters. The van der Waals surface area contributed by atoms with Crippen molar-refractivity contribution in [1.82, 2.24) is 4.98 Å². The van der Waals surface area contributed by atoms with Gasteiger partial charge in [0.2, 0.25) is 0 Å². The van der Waals surface area contributed by atoms with E-state index in [9.17, 15) is 0 Å². The van der Waals surface area contributed by atoms with Gasteiger partial charge in [0.25, 0.3) is 0 Å². The second-order valence-corrected chi connectivity index (χ2v) is 3.39. The number of hydrogen-bond donors (Lipinski definition) is 0. The second kappa shape index (κ2) is 4.05. The summed E-state index contributed by atoms with van der Waals surface area (Å²) < 4.78 is 0. The van der Waals surface area contributed by atoms with Crippen LogP contribution in [0, 0.1) is 0 Å². The Hall–Kier alpha value is -1.63. The largest absolute Gasteiger partial charge is 0.256 e. The highest BCUT2D eigenvalue weighted by molar-refractivity contribution is 5.72. The quantitative estimate of drug-likeness (QED) is 0.650. The van der Waals surface area contributed by atoms with Crippen LogP contribution in [0.3, 0.4) is 0 Å². The number of allylic oxidation sites excluding steroid dienone is 6. The van der Waals surface area contributed by atoms with E-state index in [1.807, 2.05) is 24.4 Å². The number of aromatic nitrogens is 1. The molecule has 70 valence electrons. The van der Waals surface area contributed by atoms with E-state index in [1.54, 1.807) is 0 Å². The molecule has 1 nitrogen and oxygen atoms in total. The van der Waals surface area contributed by atoms with Crippen molar-refractivity contribution >= 4 is 5.57 Å². The molecule has 1 aromatic heterocycles. The first kappa shape index (κ1) is 8.95. The Morgan fingerprint density at radius 1 is 1.14 bits per heavy atom. The highest BCUT2D eigenvalue weighted by Gasteiger charge is 1.99. The molecule has 0 unspecified atom stereocenters. The molecule has 0 saturated heterocycles. The van der Waals surface area contributed by atoms with Crippen LogP contribution < -0.4 is 0 Å². The van der Waals surface area contributed by atoms with Crippen LogP contribution >= 0.6 is 0 Å². The fraction of sp³-hybridized carbons (Fsp3) is 0.154. The first-order valence-electron chi connectivity index (χ1n) is 4.83. The van der Waals surface area contributed by atoms with Crippen LogP contribution in [0.4, 0.5) is 0 Å².